The molecule has 0 bridgehead atoms. The van der Waals surface area contributed by atoms with E-state index in [1.807, 2.05) is 27.7 Å². The van der Waals surface area contributed by atoms with Crippen LogP contribution in [0.5, 0.6) is 5.88 Å². The molecule has 0 radical (unpaired) electrons. The van der Waals surface area contributed by atoms with Crippen LogP contribution in [0.15, 0.2) is 10.9 Å². The van der Waals surface area contributed by atoms with Crippen LogP contribution in [0, 0.1) is 12.8 Å². The van der Waals surface area contributed by atoms with E-state index in [9.17, 15) is 19.5 Å². The number of aromatic nitrogens is 3. The number of rotatable bonds is 6. The number of carbonyl (C=O) groups excluding carboxylic acids is 2. The van der Waals surface area contributed by atoms with Crippen LogP contribution in [0.1, 0.15) is 62.2 Å². The van der Waals surface area contributed by atoms with Crippen molar-refractivity contribution in [3.63, 3.8) is 0 Å². The highest BCUT2D eigenvalue weighted by molar-refractivity contribution is 5.97. The van der Waals surface area contributed by atoms with Gasteiger partial charge < -0.3 is 20.1 Å². The molecule has 34 heavy (non-hydrogen) atoms. The fourth-order valence-electron chi connectivity index (χ4n) is 4.29. The maximum absolute atomic E-state index is 13.2. The lowest BCUT2D eigenvalue weighted by Crippen LogP contribution is -2.55. The van der Waals surface area contributed by atoms with Crippen molar-refractivity contribution in [1.29, 1.82) is 0 Å². The maximum Gasteiger partial charge on any atom is 0.291 e. The number of fused-ring (bicyclic) bond motifs is 1. The molecule has 1 aliphatic carbocycles. The quantitative estimate of drug-likeness (QED) is 0.620. The lowest BCUT2D eigenvalue weighted by molar-refractivity contribution is -0.140. The molecule has 4 rings (SSSR count). The summed E-state index contributed by atoms with van der Waals surface area (Å²) in [6.07, 6.45) is 4.81. The first kappa shape index (κ1) is 24.0. The number of ether oxygens (including phenoxy) is 1. The summed E-state index contributed by atoms with van der Waals surface area (Å²) >= 11 is 0. The summed E-state index contributed by atoms with van der Waals surface area (Å²) in [5.41, 5.74) is -0.0293. The Bertz CT molecular complexity index is 1220. The van der Waals surface area contributed by atoms with Crippen molar-refractivity contribution in [2.45, 2.75) is 65.6 Å². The number of nitrogens with one attached hydrogen (secondary N) is 1. The van der Waals surface area contributed by atoms with Crippen LogP contribution < -0.4 is 10.9 Å². The van der Waals surface area contributed by atoms with E-state index in [4.69, 9.17) is 4.74 Å². The molecule has 2 amide bonds. The van der Waals surface area contributed by atoms with Crippen LogP contribution in [0.3, 0.4) is 0 Å². The summed E-state index contributed by atoms with van der Waals surface area (Å²) < 4.78 is 8.19. The number of aryl methyl sites for hydroxylation is 1. The number of nitrogens with zero attached hydrogens (tertiary/aromatic N) is 4. The summed E-state index contributed by atoms with van der Waals surface area (Å²) in [4.78, 5) is 40.7. The standard InChI is InChI=1S/C24H33N5O5/c1-14(2)12-27-21-17(8-9-18(30)28-10-11-34-13-24(28,4)5)15(3)26-29(21)23(33)19(22(27)32)20(31)25-16-6-7-16/h8-9,14,16,32H,6-7,10-13H2,1-5H3,(H,25,31). The number of amides is 2. The Balaban J connectivity index is 1.81. The molecule has 1 saturated carbocycles. The Kier molecular flexibility index (Phi) is 6.28. The first-order chi connectivity index (χ1) is 16.0. The van der Waals surface area contributed by atoms with Crippen LogP contribution >= 0.6 is 0 Å². The minimum Gasteiger partial charge on any atom is -0.494 e. The second-order valence-corrected chi connectivity index (χ2v) is 10.2. The lowest BCUT2D eigenvalue weighted by atomic mass is 10.0. The van der Waals surface area contributed by atoms with E-state index in [1.165, 1.54) is 10.6 Å². The molecule has 0 spiro atoms. The third-order valence-corrected chi connectivity index (χ3v) is 6.21. The SMILES string of the molecule is Cc1nn2c(=O)c(C(=O)NC3CC3)c(O)n(CC(C)C)c2c1C=CC(=O)N1CCOCC1(C)C. The molecule has 0 unspecified atom stereocenters. The highest BCUT2D eigenvalue weighted by Gasteiger charge is 2.33. The van der Waals surface area contributed by atoms with Gasteiger partial charge in [0.25, 0.3) is 11.5 Å². The lowest BCUT2D eigenvalue weighted by Gasteiger charge is -2.41. The van der Waals surface area contributed by atoms with Crippen LogP contribution in [-0.4, -0.2) is 67.3 Å². The van der Waals surface area contributed by atoms with Crippen LogP contribution in [0.25, 0.3) is 11.7 Å². The summed E-state index contributed by atoms with van der Waals surface area (Å²) in [6.45, 7) is 11.4. The zero-order chi connectivity index (χ0) is 24.8. The summed E-state index contributed by atoms with van der Waals surface area (Å²) in [5, 5.41) is 18.2. The summed E-state index contributed by atoms with van der Waals surface area (Å²) in [5.74, 6) is -1.05. The zero-order valence-electron chi connectivity index (χ0n) is 20.4. The van der Waals surface area contributed by atoms with Crippen molar-refractivity contribution >= 4 is 23.5 Å². The van der Waals surface area contributed by atoms with Crippen molar-refractivity contribution in [3.05, 3.63) is 33.3 Å². The normalized spacial score (nSPS) is 18.2. The predicted octanol–water partition coefficient (Wildman–Crippen LogP) is 1.71. The third kappa shape index (κ3) is 4.46. The molecule has 2 aliphatic rings. The number of carbonyl (C=O) groups is 2. The molecule has 2 aromatic heterocycles. The van der Waals surface area contributed by atoms with Crippen LogP contribution in [0.2, 0.25) is 0 Å². The van der Waals surface area contributed by atoms with Gasteiger partial charge in [-0.15, -0.1) is 0 Å². The largest absolute Gasteiger partial charge is 0.494 e. The number of morpholine rings is 1. The van der Waals surface area contributed by atoms with E-state index in [-0.39, 0.29) is 29.3 Å². The molecule has 0 atom stereocenters. The van der Waals surface area contributed by atoms with Crippen molar-refractivity contribution in [2.75, 3.05) is 19.8 Å². The van der Waals surface area contributed by atoms with E-state index in [2.05, 4.69) is 10.4 Å². The molecule has 2 N–H and O–H groups in total. The molecule has 184 valence electrons. The van der Waals surface area contributed by atoms with Gasteiger partial charge in [0.1, 0.15) is 5.65 Å². The molecular weight excluding hydrogens is 438 g/mol. The van der Waals surface area contributed by atoms with Crippen molar-refractivity contribution in [1.82, 2.24) is 24.4 Å². The van der Waals surface area contributed by atoms with E-state index < -0.39 is 17.0 Å². The van der Waals surface area contributed by atoms with E-state index in [1.54, 1.807) is 17.9 Å². The van der Waals surface area contributed by atoms with Gasteiger partial charge in [0.05, 0.1) is 24.4 Å². The molecule has 1 saturated heterocycles. The first-order valence-corrected chi connectivity index (χ1v) is 11.7. The van der Waals surface area contributed by atoms with Crippen molar-refractivity contribution in [3.8, 4) is 5.88 Å². The smallest absolute Gasteiger partial charge is 0.291 e. The van der Waals surface area contributed by atoms with Crippen molar-refractivity contribution < 1.29 is 19.4 Å². The first-order valence-electron chi connectivity index (χ1n) is 11.7. The topological polar surface area (TPSA) is 118 Å². The number of hydrogen-bond acceptors (Lipinski definition) is 6. The fourth-order valence-corrected chi connectivity index (χ4v) is 4.29. The van der Waals surface area contributed by atoms with Crippen LogP contribution in [0.4, 0.5) is 0 Å². The summed E-state index contributed by atoms with van der Waals surface area (Å²) in [6, 6.07) is 0.0360. The van der Waals surface area contributed by atoms with Gasteiger partial charge in [0, 0.05) is 30.8 Å². The van der Waals surface area contributed by atoms with Gasteiger partial charge in [-0.05, 0) is 45.6 Å². The predicted molar refractivity (Wildman–Crippen MR) is 127 cm³/mol. The van der Waals surface area contributed by atoms with E-state index in [0.717, 1.165) is 17.4 Å². The zero-order valence-corrected chi connectivity index (χ0v) is 20.4. The van der Waals surface area contributed by atoms with Gasteiger partial charge in [-0.2, -0.15) is 9.61 Å². The fraction of sp³-hybridized carbons (Fsp3) is 0.583. The maximum atomic E-state index is 13.2. The molecule has 10 heteroatoms. The molecule has 10 nitrogen and oxygen atoms in total. The monoisotopic (exact) mass is 471 g/mol. The highest BCUT2D eigenvalue weighted by atomic mass is 16.5. The number of hydrogen-bond donors (Lipinski definition) is 2. The second-order valence-electron chi connectivity index (χ2n) is 10.2. The highest BCUT2D eigenvalue weighted by Crippen LogP contribution is 2.26. The summed E-state index contributed by atoms with van der Waals surface area (Å²) in [7, 11) is 0. The van der Waals surface area contributed by atoms with Gasteiger partial charge in [-0.1, -0.05) is 13.8 Å². The van der Waals surface area contributed by atoms with Gasteiger partial charge in [-0.25, -0.2) is 0 Å². The third-order valence-electron chi connectivity index (χ3n) is 6.21. The van der Waals surface area contributed by atoms with Gasteiger partial charge in [0.15, 0.2) is 5.56 Å². The molecule has 2 fully saturated rings. The van der Waals surface area contributed by atoms with Gasteiger partial charge in [-0.3, -0.25) is 19.0 Å². The minimum atomic E-state index is -0.686. The van der Waals surface area contributed by atoms with Gasteiger partial charge in [0.2, 0.25) is 11.8 Å². The van der Waals surface area contributed by atoms with Crippen LogP contribution in [-0.2, 0) is 16.1 Å². The average Bonchev–Trinajstić information content (AvgIpc) is 3.49. The Labute approximate surface area is 198 Å². The Morgan fingerprint density at radius 3 is 2.65 bits per heavy atom. The molecule has 3 heterocycles. The second kappa shape index (κ2) is 8.90. The van der Waals surface area contributed by atoms with Crippen molar-refractivity contribution in [2.24, 2.45) is 5.92 Å². The van der Waals surface area contributed by atoms with Gasteiger partial charge >= 0.3 is 0 Å². The van der Waals surface area contributed by atoms with E-state index in [0.29, 0.717) is 43.2 Å². The molecule has 2 aromatic rings. The van der Waals surface area contributed by atoms with E-state index >= 15 is 0 Å². The Morgan fingerprint density at radius 2 is 2.03 bits per heavy atom. The Morgan fingerprint density at radius 1 is 1.32 bits per heavy atom. The minimum absolute atomic E-state index is 0.0360. The molecule has 0 aromatic carbocycles. The number of aromatic hydroxyl groups is 1. The Hall–Kier alpha value is -3.14. The average molecular weight is 472 g/mol. The molecular formula is C24H33N5O5. The molecule has 1 aliphatic heterocycles.